The predicted octanol–water partition coefficient (Wildman–Crippen LogP) is 3.25. The summed E-state index contributed by atoms with van der Waals surface area (Å²) in [4.78, 5) is 10.2. The second kappa shape index (κ2) is 8.41. The molecule has 0 amide bonds. The molecule has 0 aliphatic carbocycles. The van der Waals surface area contributed by atoms with E-state index in [0.717, 1.165) is 6.07 Å². The first-order valence-corrected chi connectivity index (χ1v) is 10.0. The maximum Gasteiger partial charge on any atom is 0.273 e. The number of halogens is 1. The maximum absolute atomic E-state index is 13.5. The summed E-state index contributed by atoms with van der Waals surface area (Å²) in [6.07, 6.45) is 0. The quantitative estimate of drug-likeness (QED) is 0.429. The van der Waals surface area contributed by atoms with E-state index in [2.05, 4.69) is 4.72 Å². The van der Waals surface area contributed by atoms with Crippen LogP contribution in [0.4, 0.5) is 10.1 Å². The molecule has 2 rings (SSSR count). The third-order valence-electron chi connectivity index (χ3n) is 3.44. The highest BCUT2D eigenvalue weighted by molar-refractivity contribution is 7.98. The summed E-state index contributed by atoms with van der Waals surface area (Å²) in [7, 11) is -3.83. The van der Waals surface area contributed by atoms with E-state index in [1.54, 1.807) is 25.1 Å². The van der Waals surface area contributed by atoms with Crippen molar-refractivity contribution in [2.24, 2.45) is 0 Å². The van der Waals surface area contributed by atoms with Crippen molar-refractivity contribution in [3.63, 3.8) is 0 Å². The summed E-state index contributed by atoms with van der Waals surface area (Å²) in [6, 6.07) is 10.2. The molecule has 0 saturated heterocycles. The molecule has 0 unspecified atom stereocenters. The van der Waals surface area contributed by atoms with Crippen LogP contribution >= 0.6 is 11.8 Å². The van der Waals surface area contributed by atoms with Crippen LogP contribution in [0.25, 0.3) is 0 Å². The topological polar surface area (TPSA) is 89.3 Å². The molecule has 0 aliphatic heterocycles. The molecule has 0 aromatic heterocycles. The molecule has 0 aliphatic rings. The highest BCUT2D eigenvalue weighted by Gasteiger charge is 2.19. The third-order valence-corrected chi connectivity index (χ3v) is 5.91. The zero-order valence-electron chi connectivity index (χ0n) is 13.4. The SMILES string of the molecule is Cc1ccc(S(=O)(=O)NCCSCc2ccccc2F)cc1[N+](=O)[O-]. The van der Waals surface area contributed by atoms with Crippen LogP contribution in [0.15, 0.2) is 47.4 Å². The van der Waals surface area contributed by atoms with E-state index in [0.29, 0.717) is 22.6 Å². The van der Waals surface area contributed by atoms with E-state index in [1.165, 1.54) is 30.0 Å². The zero-order valence-corrected chi connectivity index (χ0v) is 15.1. The van der Waals surface area contributed by atoms with E-state index in [4.69, 9.17) is 0 Å². The Hall–Kier alpha value is -1.97. The Morgan fingerprint density at radius 2 is 1.96 bits per heavy atom. The number of rotatable bonds is 8. The van der Waals surface area contributed by atoms with Gasteiger partial charge in [0.1, 0.15) is 5.82 Å². The molecule has 2 aromatic carbocycles. The van der Waals surface area contributed by atoms with Gasteiger partial charge in [0.2, 0.25) is 10.0 Å². The molecule has 6 nitrogen and oxygen atoms in total. The molecule has 0 heterocycles. The van der Waals surface area contributed by atoms with Crippen LogP contribution in [0.3, 0.4) is 0 Å². The van der Waals surface area contributed by atoms with Gasteiger partial charge in [0.25, 0.3) is 5.69 Å². The Kier molecular flexibility index (Phi) is 6.51. The Balaban J connectivity index is 1.91. The van der Waals surface area contributed by atoms with E-state index in [9.17, 15) is 22.9 Å². The average molecular weight is 384 g/mol. The highest BCUT2D eigenvalue weighted by Crippen LogP contribution is 2.22. The van der Waals surface area contributed by atoms with Crippen molar-refractivity contribution >= 4 is 27.5 Å². The van der Waals surface area contributed by atoms with Crippen molar-refractivity contribution in [2.45, 2.75) is 17.6 Å². The number of nitro groups is 1. The Labute approximate surface area is 149 Å². The first-order valence-electron chi connectivity index (χ1n) is 7.37. The van der Waals surface area contributed by atoms with Gasteiger partial charge in [-0.2, -0.15) is 11.8 Å². The van der Waals surface area contributed by atoms with Crippen LogP contribution in [-0.4, -0.2) is 25.6 Å². The van der Waals surface area contributed by atoms with Gasteiger partial charge in [0.15, 0.2) is 0 Å². The number of hydrogen-bond donors (Lipinski definition) is 1. The minimum absolute atomic E-state index is 0.142. The summed E-state index contributed by atoms with van der Waals surface area (Å²) >= 11 is 1.39. The number of nitro benzene ring substituents is 1. The standard InChI is InChI=1S/C16H17FN2O4S2/c1-12-6-7-14(10-16(12)19(20)21)25(22,23)18-8-9-24-11-13-4-2-3-5-15(13)17/h2-7,10,18H,8-9,11H2,1H3. The lowest BCUT2D eigenvalue weighted by atomic mass is 10.2. The molecule has 25 heavy (non-hydrogen) atoms. The first kappa shape index (κ1) is 19.4. The third kappa shape index (κ3) is 5.25. The van der Waals surface area contributed by atoms with E-state index >= 15 is 0 Å². The number of nitrogens with zero attached hydrogens (tertiary/aromatic N) is 1. The van der Waals surface area contributed by atoms with Gasteiger partial charge < -0.3 is 0 Å². The smallest absolute Gasteiger partial charge is 0.258 e. The minimum atomic E-state index is -3.83. The molecule has 1 N–H and O–H groups in total. The van der Waals surface area contributed by atoms with E-state index in [-0.39, 0.29) is 22.9 Å². The van der Waals surface area contributed by atoms with Crippen LogP contribution in [0, 0.1) is 22.9 Å². The molecule has 0 atom stereocenters. The van der Waals surface area contributed by atoms with Crippen molar-refractivity contribution < 1.29 is 17.7 Å². The van der Waals surface area contributed by atoms with Gasteiger partial charge in [-0.25, -0.2) is 17.5 Å². The number of hydrogen-bond acceptors (Lipinski definition) is 5. The first-order chi connectivity index (χ1) is 11.8. The van der Waals surface area contributed by atoms with E-state index in [1.807, 2.05) is 0 Å². The van der Waals surface area contributed by atoms with Gasteiger partial charge in [0, 0.05) is 29.7 Å². The molecule has 2 aromatic rings. The van der Waals surface area contributed by atoms with Gasteiger partial charge >= 0.3 is 0 Å². The molecular formula is C16H17FN2O4S2. The number of sulfonamides is 1. The summed E-state index contributed by atoms with van der Waals surface area (Å²) in [5, 5.41) is 10.9. The molecule has 0 saturated carbocycles. The Morgan fingerprint density at radius 1 is 1.24 bits per heavy atom. The number of aryl methyl sites for hydroxylation is 1. The zero-order chi connectivity index (χ0) is 18.4. The fourth-order valence-corrected chi connectivity index (χ4v) is 4.11. The van der Waals surface area contributed by atoms with Gasteiger partial charge in [-0.3, -0.25) is 10.1 Å². The van der Waals surface area contributed by atoms with Crippen molar-refractivity contribution in [3.8, 4) is 0 Å². The van der Waals surface area contributed by atoms with Gasteiger partial charge in [0.05, 0.1) is 9.82 Å². The second-order valence-electron chi connectivity index (χ2n) is 5.25. The second-order valence-corrected chi connectivity index (χ2v) is 8.12. The fourth-order valence-electron chi connectivity index (χ4n) is 2.08. The van der Waals surface area contributed by atoms with Crippen molar-refractivity contribution in [1.82, 2.24) is 4.72 Å². The summed E-state index contributed by atoms with van der Waals surface area (Å²) < 4.78 is 40.3. The number of thioether (sulfide) groups is 1. The molecule has 0 fully saturated rings. The van der Waals surface area contributed by atoms with Crippen molar-refractivity contribution in [2.75, 3.05) is 12.3 Å². The molecule has 134 valence electrons. The largest absolute Gasteiger partial charge is 0.273 e. The van der Waals surface area contributed by atoms with Crippen LogP contribution in [0.1, 0.15) is 11.1 Å². The molecule has 0 radical (unpaired) electrons. The number of benzene rings is 2. The normalized spacial score (nSPS) is 11.4. The van der Waals surface area contributed by atoms with Crippen LogP contribution in [-0.2, 0) is 15.8 Å². The lowest BCUT2D eigenvalue weighted by Crippen LogP contribution is -2.26. The average Bonchev–Trinajstić information content (AvgIpc) is 2.56. The van der Waals surface area contributed by atoms with Crippen molar-refractivity contribution in [3.05, 3.63) is 69.5 Å². The highest BCUT2D eigenvalue weighted by atomic mass is 32.2. The van der Waals surface area contributed by atoms with Crippen LogP contribution < -0.4 is 4.72 Å². The Bertz CT molecular complexity index is 872. The van der Waals surface area contributed by atoms with Crippen LogP contribution in [0.2, 0.25) is 0 Å². The minimum Gasteiger partial charge on any atom is -0.258 e. The van der Waals surface area contributed by atoms with E-state index < -0.39 is 14.9 Å². The summed E-state index contributed by atoms with van der Waals surface area (Å²) in [6.45, 7) is 1.68. The molecule has 0 bridgehead atoms. The van der Waals surface area contributed by atoms with Crippen molar-refractivity contribution in [1.29, 1.82) is 0 Å². The van der Waals surface area contributed by atoms with Gasteiger partial charge in [-0.05, 0) is 24.6 Å². The summed E-state index contributed by atoms with van der Waals surface area (Å²) in [5.74, 6) is 0.592. The monoisotopic (exact) mass is 384 g/mol. The molecule has 9 heteroatoms. The van der Waals surface area contributed by atoms with Gasteiger partial charge in [-0.15, -0.1) is 0 Å². The Morgan fingerprint density at radius 3 is 2.64 bits per heavy atom. The fraction of sp³-hybridized carbons (Fsp3) is 0.250. The maximum atomic E-state index is 13.5. The lowest BCUT2D eigenvalue weighted by molar-refractivity contribution is -0.385. The number of nitrogens with one attached hydrogen (secondary N) is 1. The molecular weight excluding hydrogens is 367 g/mol. The molecule has 0 spiro atoms. The predicted molar refractivity (Wildman–Crippen MR) is 95.6 cm³/mol. The lowest BCUT2D eigenvalue weighted by Gasteiger charge is -2.08. The van der Waals surface area contributed by atoms with Crippen LogP contribution in [0.5, 0.6) is 0 Å². The van der Waals surface area contributed by atoms with Gasteiger partial charge in [-0.1, -0.05) is 24.3 Å². The summed E-state index contributed by atoms with van der Waals surface area (Å²) in [5.41, 5.74) is 0.714.